The molecular weight excluding hydrogens is 484 g/mol. The van der Waals surface area contributed by atoms with Crippen LogP contribution in [0, 0.1) is 0 Å². The minimum Gasteiger partial charge on any atom is -0.370 e. The monoisotopic (exact) mass is 514 g/mol. The van der Waals surface area contributed by atoms with Gasteiger partial charge in [-0.05, 0) is 36.1 Å². The van der Waals surface area contributed by atoms with Gasteiger partial charge in [0.15, 0.2) is 5.96 Å². The van der Waals surface area contributed by atoms with E-state index in [1.54, 1.807) is 6.07 Å². The van der Waals surface area contributed by atoms with E-state index in [2.05, 4.69) is 25.9 Å². The van der Waals surface area contributed by atoms with Crippen LogP contribution < -0.4 is 33.2 Å². The highest BCUT2D eigenvalue weighted by atomic mass is 35.5. The number of halogens is 1. The Morgan fingerprint density at radius 1 is 0.917 bits per heavy atom. The number of urea groups is 1. The molecule has 10 N–H and O–H groups in total. The van der Waals surface area contributed by atoms with Crippen LogP contribution in [-0.2, 0) is 17.9 Å². The molecule has 0 saturated carbocycles. The molecule has 0 fully saturated rings. The summed E-state index contributed by atoms with van der Waals surface area (Å²) >= 11 is 0. The Morgan fingerprint density at radius 3 is 2.17 bits per heavy atom. The molecule has 0 aliphatic rings. The van der Waals surface area contributed by atoms with Crippen molar-refractivity contribution in [3.8, 4) is 0 Å². The fraction of sp³-hybridized carbons (Fsp3) is 0.250. The number of amides is 4. The lowest BCUT2D eigenvalue weighted by molar-refractivity contribution is -0.123. The second-order valence-electron chi connectivity index (χ2n) is 8.00. The van der Waals surface area contributed by atoms with Crippen molar-refractivity contribution in [1.82, 2.24) is 20.9 Å². The zero-order valence-corrected chi connectivity index (χ0v) is 20.4. The number of para-hydroxylation sites is 1. The maximum absolute atomic E-state index is 12.9. The first-order valence-corrected chi connectivity index (χ1v) is 11.1. The van der Waals surface area contributed by atoms with Gasteiger partial charge in [-0.15, -0.1) is 12.4 Å². The number of nitrogens with one attached hydrogen (secondary N) is 4. The Labute approximate surface area is 214 Å². The van der Waals surface area contributed by atoms with E-state index in [9.17, 15) is 14.4 Å². The highest BCUT2D eigenvalue weighted by molar-refractivity contribution is 6.00. The van der Waals surface area contributed by atoms with Crippen molar-refractivity contribution in [3.63, 3.8) is 0 Å². The first-order valence-electron chi connectivity index (χ1n) is 11.1. The number of primary amides is 1. The topological polar surface area (TPSA) is 194 Å². The van der Waals surface area contributed by atoms with Crippen LogP contribution in [0.25, 0.3) is 10.9 Å². The number of aliphatic imine (C=N–C) groups is 1. The number of benzene rings is 2. The number of nitrogens with two attached hydrogens (primary N) is 3. The van der Waals surface area contributed by atoms with Gasteiger partial charge in [-0.3, -0.25) is 14.6 Å². The number of carbonyl (C=O) groups excluding carboxylic acids is 3. The van der Waals surface area contributed by atoms with Gasteiger partial charge in [-0.2, -0.15) is 0 Å². The van der Waals surface area contributed by atoms with E-state index in [0.717, 1.165) is 22.0 Å². The summed E-state index contributed by atoms with van der Waals surface area (Å²) in [6.07, 6.45) is 0.858. The van der Waals surface area contributed by atoms with Crippen LogP contribution in [-0.4, -0.2) is 41.4 Å². The standard InChI is InChI=1S/C24H30N8O3.ClH/c25-23(26)28-11-3-6-19(32-22(34)20-12-17-4-1-2-5-18(17)31-20)21(33)29-13-15-7-9-16(10-8-15)14-30-24(27)35;/h1-2,4-5,7-10,12,19,31H,3,6,11,13-14H2,(H,29,33)(H,32,34)(H4,25,26,28)(H3,27,30,35);1H/t19-;/m1./s1. The van der Waals surface area contributed by atoms with E-state index in [4.69, 9.17) is 17.2 Å². The van der Waals surface area contributed by atoms with Crippen molar-refractivity contribution in [3.05, 3.63) is 71.4 Å². The van der Waals surface area contributed by atoms with Crippen molar-refractivity contribution in [1.29, 1.82) is 0 Å². The molecule has 12 heteroatoms. The molecule has 0 aliphatic carbocycles. The summed E-state index contributed by atoms with van der Waals surface area (Å²) in [7, 11) is 0. The van der Waals surface area contributed by atoms with Crippen LogP contribution in [0.1, 0.15) is 34.5 Å². The molecule has 0 bridgehead atoms. The average molecular weight is 515 g/mol. The molecule has 2 aromatic carbocycles. The summed E-state index contributed by atoms with van der Waals surface area (Å²) in [5.41, 5.74) is 18.8. The quantitative estimate of drug-likeness (QED) is 0.115. The Hall–Kier alpha value is -4.25. The average Bonchev–Trinajstić information content (AvgIpc) is 3.28. The summed E-state index contributed by atoms with van der Waals surface area (Å²) in [6, 6.07) is 15.3. The first kappa shape index (κ1) is 28.0. The summed E-state index contributed by atoms with van der Waals surface area (Å²) in [5.74, 6) is -0.726. The fourth-order valence-electron chi connectivity index (χ4n) is 3.48. The van der Waals surface area contributed by atoms with E-state index in [-0.39, 0.29) is 36.7 Å². The Kier molecular flexibility index (Phi) is 10.6. The number of aromatic nitrogens is 1. The summed E-state index contributed by atoms with van der Waals surface area (Å²) < 4.78 is 0. The molecular formula is C24H31ClN8O3. The number of hydrogen-bond donors (Lipinski definition) is 7. The van der Waals surface area contributed by atoms with Crippen molar-refractivity contribution in [2.75, 3.05) is 6.54 Å². The second-order valence-corrected chi connectivity index (χ2v) is 8.00. The lowest BCUT2D eigenvalue weighted by Gasteiger charge is -2.18. The van der Waals surface area contributed by atoms with Gasteiger partial charge in [0.1, 0.15) is 11.7 Å². The molecule has 4 amide bonds. The molecule has 3 rings (SSSR count). The Balaban J connectivity index is 0.00000456. The van der Waals surface area contributed by atoms with Gasteiger partial charge in [0.2, 0.25) is 5.91 Å². The van der Waals surface area contributed by atoms with Crippen molar-refractivity contribution in [2.24, 2.45) is 22.2 Å². The Bertz CT molecular complexity index is 1170. The molecule has 1 heterocycles. The smallest absolute Gasteiger partial charge is 0.312 e. The van der Waals surface area contributed by atoms with Gasteiger partial charge in [0.05, 0.1) is 0 Å². The van der Waals surface area contributed by atoms with Crippen LogP contribution >= 0.6 is 12.4 Å². The molecule has 0 aliphatic heterocycles. The molecule has 11 nitrogen and oxygen atoms in total. The predicted octanol–water partition coefficient (Wildman–Crippen LogP) is 1.23. The number of rotatable bonds is 11. The van der Waals surface area contributed by atoms with Crippen molar-refractivity contribution < 1.29 is 14.4 Å². The number of carbonyl (C=O) groups is 3. The number of nitrogens with zero attached hydrogens (tertiary/aromatic N) is 1. The first-order chi connectivity index (χ1) is 16.8. The highest BCUT2D eigenvalue weighted by Crippen LogP contribution is 2.15. The number of H-pyrrole nitrogens is 1. The summed E-state index contributed by atoms with van der Waals surface area (Å²) in [6.45, 7) is 0.934. The SMILES string of the molecule is Cl.NC(=O)NCc1ccc(CNC(=O)[C@@H](CCCN=C(N)N)NC(=O)c2cc3ccccc3[nH]2)cc1. The molecule has 0 saturated heterocycles. The normalized spacial score (nSPS) is 11.1. The van der Waals surface area contributed by atoms with Crippen LogP contribution in [0.2, 0.25) is 0 Å². The van der Waals surface area contributed by atoms with Gasteiger partial charge in [0, 0.05) is 30.5 Å². The van der Waals surface area contributed by atoms with Gasteiger partial charge < -0.3 is 38.1 Å². The summed E-state index contributed by atoms with van der Waals surface area (Å²) in [4.78, 5) is 43.6. The van der Waals surface area contributed by atoms with Gasteiger partial charge in [0.25, 0.3) is 5.91 Å². The predicted molar refractivity (Wildman–Crippen MR) is 141 cm³/mol. The molecule has 192 valence electrons. The van der Waals surface area contributed by atoms with Crippen LogP contribution in [0.3, 0.4) is 0 Å². The highest BCUT2D eigenvalue weighted by Gasteiger charge is 2.22. The van der Waals surface area contributed by atoms with Crippen LogP contribution in [0.5, 0.6) is 0 Å². The lowest BCUT2D eigenvalue weighted by Crippen LogP contribution is -2.46. The molecule has 0 spiro atoms. The fourth-order valence-corrected chi connectivity index (χ4v) is 3.48. The van der Waals surface area contributed by atoms with Crippen molar-refractivity contribution in [2.45, 2.75) is 32.0 Å². The maximum Gasteiger partial charge on any atom is 0.312 e. The van der Waals surface area contributed by atoms with Crippen molar-refractivity contribution >= 4 is 47.1 Å². The van der Waals surface area contributed by atoms with E-state index in [1.165, 1.54) is 0 Å². The van der Waals surface area contributed by atoms with E-state index >= 15 is 0 Å². The van der Waals surface area contributed by atoms with Gasteiger partial charge >= 0.3 is 6.03 Å². The zero-order chi connectivity index (χ0) is 25.2. The minimum atomic E-state index is -0.776. The van der Waals surface area contributed by atoms with E-state index in [0.29, 0.717) is 31.6 Å². The largest absolute Gasteiger partial charge is 0.370 e. The minimum absolute atomic E-state index is 0. The molecule has 0 radical (unpaired) electrons. The van der Waals surface area contributed by atoms with Gasteiger partial charge in [-0.1, -0.05) is 42.5 Å². The van der Waals surface area contributed by atoms with Gasteiger partial charge in [-0.25, -0.2) is 4.79 Å². The molecule has 3 aromatic rings. The van der Waals surface area contributed by atoms with E-state index < -0.39 is 12.1 Å². The number of guanidine groups is 1. The Morgan fingerprint density at radius 2 is 1.56 bits per heavy atom. The lowest BCUT2D eigenvalue weighted by atomic mass is 10.1. The molecule has 36 heavy (non-hydrogen) atoms. The third-order valence-electron chi connectivity index (χ3n) is 5.30. The number of fused-ring (bicyclic) bond motifs is 1. The summed E-state index contributed by atoms with van der Waals surface area (Å²) in [5, 5.41) is 9.10. The third-order valence-corrected chi connectivity index (χ3v) is 5.30. The third kappa shape index (κ3) is 8.51. The molecule has 1 aromatic heterocycles. The molecule has 1 atom stereocenters. The number of aromatic amines is 1. The number of hydrogen-bond acceptors (Lipinski definition) is 4. The molecule has 0 unspecified atom stereocenters. The second kappa shape index (κ2) is 13.6. The van der Waals surface area contributed by atoms with Crippen LogP contribution in [0.15, 0.2) is 59.6 Å². The van der Waals surface area contributed by atoms with E-state index in [1.807, 2.05) is 48.5 Å². The maximum atomic E-state index is 12.9. The van der Waals surface area contributed by atoms with Crippen LogP contribution in [0.4, 0.5) is 4.79 Å². The zero-order valence-electron chi connectivity index (χ0n) is 19.6.